The molecule has 1 rings (SSSR count). The molecule has 0 saturated carbocycles. The maximum atomic E-state index is 11.4. The SMILES string of the molecule is COC(=S)c1cc(N(C)C)c(C=O)c(N(C)C)c1C. The predicted octanol–water partition coefficient (Wildman–Crippen LogP) is 2.26. The molecule has 1 aromatic rings. The van der Waals surface area contributed by atoms with Crippen LogP contribution in [-0.4, -0.2) is 46.6 Å². The van der Waals surface area contributed by atoms with Gasteiger partial charge in [-0.3, -0.25) is 4.79 Å². The Bertz CT molecular complexity index is 511. The van der Waals surface area contributed by atoms with E-state index >= 15 is 0 Å². The van der Waals surface area contributed by atoms with Crippen molar-refractivity contribution in [3.8, 4) is 0 Å². The van der Waals surface area contributed by atoms with Crippen LogP contribution < -0.4 is 9.80 Å². The van der Waals surface area contributed by atoms with Gasteiger partial charge < -0.3 is 14.5 Å². The minimum Gasteiger partial charge on any atom is -0.486 e. The molecule has 19 heavy (non-hydrogen) atoms. The van der Waals surface area contributed by atoms with Crippen LogP contribution in [-0.2, 0) is 4.74 Å². The van der Waals surface area contributed by atoms with Gasteiger partial charge in [0.25, 0.3) is 0 Å². The lowest BCUT2D eigenvalue weighted by atomic mass is 9.99. The van der Waals surface area contributed by atoms with Crippen LogP contribution in [0, 0.1) is 6.92 Å². The Kier molecular flexibility index (Phi) is 4.89. The van der Waals surface area contributed by atoms with Gasteiger partial charge in [0.2, 0.25) is 0 Å². The number of anilines is 2. The van der Waals surface area contributed by atoms with E-state index in [4.69, 9.17) is 17.0 Å². The van der Waals surface area contributed by atoms with Gasteiger partial charge in [-0.15, -0.1) is 0 Å². The fourth-order valence-electron chi connectivity index (χ4n) is 2.16. The third kappa shape index (κ3) is 2.87. The zero-order chi connectivity index (χ0) is 14.7. The number of aldehydes is 1. The van der Waals surface area contributed by atoms with Gasteiger partial charge in [-0.2, -0.15) is 0 Å². The third-order valence-corrected chi connectivity index (χ3v) is 3.41. The van der Waals surface area contributed by atoms with Crippen LogP contribution in [0.4, 0.5) is 11.4 Å². The molecule has 4 nitrogen and oxygen atoms in total. The van der Waals surface area contributed by atoms with Crippen LogP contribution >= 0.6 is 12.2 Å². The molecular formula is C14H20N2O2S. The minimum atomic E-state index is 0.432. The Morgan fingerprint density at radius 1 is 1.26 bits per heavy atom. The largest absolute Gasteiger partial charge is 0.486 e. The Labute approximate surface area is 120 Å². The van der Waals surface area contributed by atoms with Crippen molar-refractivity contribution >= 4 is 34.9 Å². The summed E-state index contributed by atoms with van der Waals surface area (Å²) in [5.74, 6) is 0. The number of nitrogens with zero attached hydrogens (tertiary/aromatic N) is 2. The van der Waals surface area contributed by atoms with Crippen molar-refractivity contribution in [1.82, 2.24) is 0 Å². The Hall–Kier alpha value is -1.62. The summed E-state index contributed by atoms with van der Waals surface area (Å²) in [5.41, 5.74) is 4.16. The first kappa shape index (κ1) is 15.4. The fraction of sp³-hybridized carbons (Fsp3) is 0.429. The molecule has 0 spiro atoms. The van der Waals surface area contributed by atoms with E-state index in [1.165, 1.54) is 0 Å². The quantitative estimate of drug-likeness (QED) is 0.624. The number of rotatable bonds is 4. The van der Waals surface area contributed by atoms with E-state index in [1.807, 2.05) is 51.0 Å². The number of benzene rings is 1. The van der Waals surface area contributed by atoms with Gasteiger partial charge in [0.15, 0.2) is 11.3 Å². The van der Waals surface area contributed by atoms with Gasteiger partial charge in [-0.1, -0.05) is 0 Å². The molecule has 0 atom stereocenters. The highest BCUT2D eigenvalue weighted by molar-refractivity contribution is 7.80. The van der Waals surface area contributed by atoms with Crippen molar-refractivity contribution in [1.29, 1.82) is 0 Å². The molecule has 0 bridgehead atoms. The van der Waals surface area contributed by atoms with E-state index in [1.54, 1.807) is 7.11 Å². The number of carbonyl (C=O) groups is 1. The summed E-state index contributed by atoms with van der Waals surface area (Å²) < 4.78 is 5.17. The van der Waals surface area contributed by atoms with Gasteiger partial charge in [0.05, 0.1) is 18.4 Å². The van der Waals surface area contributed by atoms with Crippen LogP contribution in [0.15, 0.2) is 6.07 Å². The first-order valence-corrected chi connectivity index (χ1v) is 6.31. The van der Waals surface area contributed by atoms with E-state index in [2.05, 4.69) is 0 Å². The average molecular weight is 280 g/mol. The summed E-state index contributed by atoms with van der Waals surface area (Å²) in [6.45, 7) is 1.95. The molecule has 0 aliphatic heterocycles. The second kappa shape index (κ2) is 6.02. The van der Waals surface area contributed by atoms with Gasteiger partial charge in [0, 0.05) is 39.4 Å². The first-order chi connectivity index (χ1) is 8.84. The second-order valence-corrected chi connectivity index (χ2v) is 5.10. The summed E-state index contributed by atoms with van der Waals surface area (Å²) in [4.78, 5) is 15.3. The summed E-state index contributed by atoms with van der Waals surface area (Å²) in [6.07, 6.45) is 0.886. The molecule has 0 aliphatic rings. The Morgan fingerprint density at radius 2 is 1.84 bits per heavy atom. The molecule has 0 aromatic heterocycles. The molecule has 104 valence electrons. The Balaban J connectivity index is 3.72. The molecule has 0 unspecified atom stereocenters. The highest BCUT2D eigenvalue weighted by Gasteiger charge is 2.20. The molecule has 0 saturated heterocycles. The third-order valence-electron chi connectivity index (χ3n) is 3.02. The van der Waals surface area contributed by atoms with E-state index < -0.39 is 0 Å². The van der Waals surface area contributed by atoms with Crippen molar-refractivity contribution in [2.45, 2.75) is 6.92 Å². The van der Waals surface area contributed by atoms with E-state index in [0.717, 1.165) is 28.8 Å². The number of carbonyl (C=O) groups excluding carboxylic acids is 1. The molecule has 0 N–H and O–H groups in total. The number of hydrogen-bond acceptors (Lipinski definition) is 5. The van der Waals surface area contributed by atoms with E-state index in [9.17, 15) is 4.79 Å². The van der Waals surface area contributed by atoms with Gasteiger partial charge in [-0.05, 0) is 30.8 Å². The lowest BCUT2D eigenvalue weighted by Gasteiger charge is -2.25. The van der Waals surface area contributed by atoms with Crippen LogP contribution in [0.3, 0.4) is 0 Å². The van der Waals surface area contributed by atoms with Gasteiger partial charge >= 0.3 is 0 Å². The molecule has 0 radical (unpaired) electrons. The smallest absolute Gasteiger partial charge is 0.191 e. The minimum absolute atomic E-state index is 0.432. The summed E-state index contributed by atoms with van der Waals surface area (Å²) in [7, 11) is 9.18. The zero-order valence-corrected chi connectivity index (χ0v) is 13.1. The summed E-state index contributed by atoms with van der Waals surface area (Å²) in [5, 5.41) is 0.432. The highest BCUT2D eigenvalue weighted by Crippen LogP contribution is 2.33. The highest BCUT2D eigenvalue weighted by atomic mass is 32.1. The Morgan fingerprint density at radius 3 is 2.21 bits per heavy atom. The maximum absolute atomic E-state index is 11.4. The zero-order valence-electron chi connectivity index (χ0n) is 12.3. The van der Waals surface area contributed by atoms with Crippen LogP contribution in [0.25, 0.3) is 0 Å². The van der Waals surface area contributed by atoms with E-state index in [-0.39, 0.29) is 0 Å². The molecule has 1 aromatic carbocycles. The average Bonchev–Trinajstić information content (AvgIpc) is 2.36. The van der Waals surface area contributed by atoms with Crippen LogP contribution in [0.5, 0.6) is 0 Å². The summed E-state index contributed by atoms with van der Waals surface area (Å²) in [6, 6.07) is 1.90. The number of thiocarbonyl (C=S) groups is 1. The lowest BCUT2D eigenvalue weighted by Crippen LogP contribution is -2.20. The molecule has 5 heteroatoms. The van der Waals surface area contributed by atoms with Gasteiger partial charge in [0.1, 0.15) is 0 Å². The first-order valence-electron chi connectivity index (χ1n) is 5.90. The standard InChI is InChI=1S/C14H20N2O2S/c1-9-10(14(19)18-6)7-12(15(2)3)11(8-17)13(9)16(4)5/h7-8H,1-6H3. The van der Waals surface area contributed by atoms with Crippen molar-refractivity contribution in [3.05, 3.63) is 22.8 Å². The molecule has 0 heterocycles. The topological polar surface area (TPSA) is 32.8 Å². The lowest BCUT2D eigenvalue weighted by molar-refractivity contribution is 0.112. The number of ether oxygens (including phenoxy) is 1. The maximum Gasteiger partial charge on any atom is 0.191 e. The van der Waals surface area contributed by atoms with Crippen molar-refractivity contribution in [2.75, 3.05) is 45.1 Å². The number of hydrogen-bond donors (Lipinski definition) is 0. The monoisotopic (exact) mass is 280 g/mol. The van der Waals surface area contributed by atoms with Crippen LogP contribution in [0.2, 0.25) is 0 Å². The molecule has 0 aliphatic carbocycles. The summed E-state index contributed by atoms with van der Waals surface area (Å²) >= 11 is 5.23. The molecule has 0 fully saturated rings. The second-order valence-electron chi connectivity index (χ2n) is 4.73. The van der Waals surface area contributed by atoms with Crippen LogP contribution in [0.1, 0.15) is 21.5 Å². The van der Waals surface area contributed by atoms with Crippen molar-refractivity contribution < 1.29 is 9.53 Å². The fourth-order valence-corrected chi connectivity index (χ4v) is 2.37. The molecular weight excluding hydrogens is 260 g/mol. The molecule has 0 amide bonds. The van der Waals surface area contributed by atoms with Crippen molar-refractivity contribution in [3.63, 3.8) is 0 Å². The number of methoxy groups -OCH3 is 1. The van der Waals surface area contributed by atoms with E-state index in [0.29, 0.717) is 10.6 Å². The van der Waals surface area contributed by atoms with Crippen molar-refractivity contribution in [2.24, 2.45) is 0 Å². The normalized spacial score (nSPS) is 10.0. The predicted molar refractivity (Wildman–Crippen MR) is 83.9 cm³/mol. The van der Waals surface area contributed by atoms with Gasteiger partial charge in [-0.25, -0.2) is 0 Å².